The lowest BCUT2D eigenvalue weighted by molar-refractivity contribution is -0.136. The minimum atomic E-state index is -4.75. The maximum atomic E-state index is 13.8. The van der Waals surface area contributed by atoms with Gasteiger partial charge in [0.1, 0.15) is 10.7 Å². The molecule has 1 aliphatic heterocycles. The molecule has 0 saturated carbocycles. The summed E-state index contributed by atoms with van der Waals surface area (Å²) in [6.45, 7) is 0.469. The van der Waals surface area contributed by atoms with Crippen molar-refractivity contribution in [1.82, 2.24) is 29.5 Å². The second-order valence-electron chi connectivity index (χ2n) is 7.04. The number of hydrogen-bond donors (Lipinski definition) is 1. The summed E-state index contributed by atoms with van der Waals surface area (Å²) in [6.07, 6.45) is 3.20. The Hall–Kier alpha value is -3.80. The molecular weight excluding hydrogens is 445 g/mol. The lowest BCUT2D eigenvalue weighted by Crippen LogP contribution is -2.30. The molecule has 0 unspecified atom stereocenters. The number of halogens is 3. The maximum Gasteiger partial charge on any atom is 0.420 e. The van der Waals surface area contributed by atoms with Crippen LogP contribution in [0.15, 0.2) is 42.3 Å². The SMILES string of the molecule is O=Cc1c(C(=O)N2CC=C(c3nccs3)C2)nc2c(C(F)(F)F)cc(-c3cn[nH]c3)cn12. The zero-order valence-electron chi connectivity index (χ0n) is 16.1. The first-order valence-electron chi connectivity index (χ1n) is 9.32. The Morgan fingerprint density at radius 3 is 2.78 bits per heavy atom. The van der Waals surface area contributed by atoms with Gasteiger partial charge in [-0.25, -0.2) is 9.97 Å². The number of nitrogens with zero attached hydrogens (tertiary/aromatic N) is 5. The van der Waals surface area contributed by atoms with E-state index in [-0.39, 0.29) is 30.0 Å². The van der Waals surface area contributed by atoms with E-state index in [9.17, 15) is 22.8 Å². The molecule has 0 spiro atoms. The molecule has 0 aromatic carbocycles. The quantitative estimate of drug-likeness (QED) is 0.472. The highest BCUT2D eigenvalue weighted by atomic mass is 32.1. The largest absolute Gasteiger partial charge is 0.420 e. The minimum Gasteiger partial charge on any atom is -0.329 e. The lowest BCUT2D eigenvalue weighted by atomic mass is 10.1. The number of nitrogens with one attached hydrogen (secondary N) is 1. The van der Waals surface area contributed by atoms with Crippen LogP contribution in [0.25, 0.3) is 22.3 Å². The predicted octanol–water partition coefficient (Wildman–Crippen LogP) is 3.55. The number of thiazole rings is 1. The van der Waals surface area contributed by atoms with E-state index in [1.807, 2.05) is 11.5 Å². The number of fused-ring (bicyclic) bond motifs is 1. The number of carbonyl (C=O) groups excluding carboxylic acids is 2. The van der Waals surface area contributed by atoms with E-state index < -0.39 is 23.3 Å². The molecule has 1 amide bonds. The molecule has 1 N–H and O–H groups in total. The van der Waals surface area contributed by atoms with Gasteiger partial charge in [0.05, 0.1) is 11.8 Å². The number of imidazole rings is 1. The molecule has 0 aliphatic carbocycles. The average Bonchev–Trinajstić information content (AvgIpc) is 3.56. The van der Waals surface area contributed by atoms with Crippen LogP contribution >= 0.6 is 11.3 Å². The van der Waals surface area contributed by atoms with Crippen LogP contribution in [0.3, 0.4) is 0 Å². The van der Waals surface area contributed by atoms with Gasteiger partial charge in [-0.15, -0.1) is 11.3 Å². The van der Waals surface area contributed by atoms with Gasteiger partial charge in [0, 0.05) is 53.8 Å². The summed E-state index contributed by atoms with van der Waals surface area (Å²) in [5.41, 5.74) is -0.737. The van der Waals surface area contributed by atoms with E-state index in [1.54, 1.807) is 6.20 Å². The highest BCUT2D eigenvalue weighted by molar-refractivity contribution is 7.10. The van der Waals surface area contributed by atoms with Crippen LogP contribution in [-0.4, -0.2) is 54.7 Å². The second kappa shape index (κ2) is 7.41. The molecule has 0 saturated heterocycles. The number of alkyl halides is 3. The van der Waals surface area contributed by atoms with Crippen LogP contribution in [0, 0.1) is 0 Å². The lowest BCUT2D eigenvalue weighted by Gasteiger charge is -2.14. The molecule has 4 aromatic rings. The van der Waals surface area contributed by atoms with Crippen LogP contribution in [0.1, 0.15) is 31.5 Å². The third-order valence-corrected chi connectivity index (χ3v) is 5.97. The molecule has 12 heteroatoms. The molecule has 32 heavy (non-hydrogen) atoms. The number of amides is 1. The van der Waals surface area contributed by atoms with Gasteiger partial charge in [0.2, 0.25) is 0 Å². The standard InChI is InChI=1S/C20H13F3N6O2S/c21-20(22,23)14-5-12(13-6-25-26-7-13)9-29-15(10-30)16(27-17(14)29)19(31)28-3-1-11(8-28)18-24-2-4-32-18/h1-2,4-7,9-10H,3,8H2,(H,25,26). The first-order chi connectivity index (χ1) is 15.4. The summed E-state index contributed by atoms with van der Waals surface area (Å²) >= 11 is 1.42. The molecule has 0 fully saturated rings. The third kappa shape index (κ3) is 3.28. The average molecular weight is 458 g/mol. The number of rotatable bonds is 4. The van der Waals surface area contributed by atoms with Crippen LogP contribution in [0.2, 0.25) is 0 Å². The smallest absolute Gasteiger partial charge is 0.329 e. The van der Waals surface area contributed by atoms with Crippen molar-refractivity contribution in [2.24, 2.45) is 0 Å². The highest BCUT2D eigenvalue weighted by Gasteiger charge is 2.37. The fourth-order valence-corrected chi connectivity index (χ4v) is 4.28. The summed E-state index contributed by atoms with van der Waals surface area (Å²) in [4.78, 5) is 34.6. The number of H-pyrrole nitrogens is 1. The summed E-state index contributed by atoms with van der Waals surface area (Å²) < 4.78 is 42.5. The first-order valence-corrected chi connectivity index (χ1v) is 10.2. The van der Waals surface area contributed by atoms with Crippen molar-refractivity contribution in [3.63, 3.8) is 0 Å². The van der Waals surface area contributed by atoms with E-state index in [4.69, 9.17) is 0 Å². The van der Waals surface area contributed by atoms with Crippen molar-refractivity contribution in [3.05, 3.63) is 64.3 Å². The van der Waals surface area contributed by atoms with E-state index >= 15 is 0 Å². The molecular formula is C20H13F3N6O2S. The molecule has 4 aromatic heterocycles. The topological polar surface area (TPSA) is 96.2 Å². The van der Waals surface area contributed by atoms with Gasteiger partial charge in [0.15, 0.2) is 17.6 Å². The molecule has 0 radical (unpaired) electrons. The molecule has 5 rings (SSSR count). The molecule has 0 bridgehead atoms. The van der Waals surface area contributed by atoms with Gasteiger partial charge in [-0.3, -0.25) is 19.1 Å². The van der Waals surface area contributed by atoms with Crippen LogP contribution in [-0.2, 0) is 6.18 Å². The third-order valence-electron chi connectivity index (χ3n) is 5.12. The predicted molar refractivity (Wildman–Crippen MR) is 109 cm³/mol. The Kier molecular flexibility index (Phi) is 4.66. The van der Waals surface area contributed by atoms with Gasteiger partial charge in [-0.05, 0) is 6.07 Å². The zero-order chi connectivity index (χ0) is 22.5. The Balaban J connectivity index is 1.60. The Bertz CT molecular complexity index is 1360. The molecule has 162 valence electrons. The van der Waals surface area contributed by atoms with E-state index in [2.05, 4.69) is 20.2 Å². The van der Waals surface area contributed by atoms with Crippen molar-refractivity contribution in [2.45, 2.75) is 6.18 Å². The molecule has 8 nitrogen and oxygen atoms in total. The number of aromatic amines is 1. The van der Waals surface area contributed by atoms with Gasteiger partial charge in [0.25, 0.3) is 5.91 Å². The van der Waals surface area contributed by atoms with Crippen molar-refractivity contribution in [1.29, 1.82) is 0 Å². The molecule has 5 heterocycles. The Morgan fingerprint density at radius 2 is 2.12 bits per heavy atom. The minimum absolute atomic E-state index is 0.173. The number of carbonyl (C=O) groups is 2. The summed E-state index contributed by atoms with van der Waals surface area (Å²) in [5.74, 6) is -0.628. The van der Waals surface area contributed by atoms with Crippen LogP contribution in [0.5, 0.6) is 0 Å². The van der Waals surface area contributed by atoms with Gasteiger partial charge in [-0.2, -0.15) is 18.3 Å². The van der Waals surface area contributed by atoms with Gasteiger partial charge < -0.3 is 4.90 Å². The number of aromatic nitrogens is 5. The summed E-state index contributed by atoms with van der Waals surface area (Å²) in [5, 5.41) is 8.87. The normalized spacial score (nSPS) is 14.2. The van der Waals surface area contributed by atoms with Crippen LogP contribution in [0.4, 0.5) is 13.2 Å². The van der Waals surface area contributed by atoms with Crippen LogP contribution < -0.4 is 0 Å². The summed E-state index contributed by atoms with van der Waals surface area (Å²) in [7, 11) is 0. The second-order valence-corrected chi connectivity index (χ2v) is 7.93. The van der Waals surface area contributed by atoms with Crippen molar-refractivity contribution >= 4 is 34.8 Å². The van der Waals surface area contributed by atoms with Gasteiger partial charge in [-0.1, -0.05) is 6.08 Å². The summed E-state index contributed by atoms with van der Waals surface area (Å²) in [6, 6.07) is 0.925. The first kappa shape index (κ1) is 20.1. The van der Waals surface area contributed by atoms with Gasteiger partial charge >= 0.3 is 6.18 Å². The Morgan fingerprint density at radius 1 is 1.28 bits per heavy atom. The fraction of sp³-hybridized carbons (Fsp3) is 0.150. The molecule has 1 aliphatic rings. The van der Waals surface area contributed by atoms with E-state index in [0.29, 0.717) is 11.8 Å². The van der Waals surface area contributed by atoms with E-state index in [1.165, 1.54) is 34.8 Å². The fourth-order valence-electron chi connectivity index (χ4n) is 3.60. The van der Waals surface area contributed by atoms with E-state index in [0.717, 1.165) is 21.0 Å². The van der Waals surface area contributed by atoms with Crippen molar-refractivity contribution in [2.75, 3.05) is 13.1 Å². The van der Waals surface area contributed by atoms with Crippen molar-refractivity contribution < 1.29 is 22.8 Å². The zero-order valence-corrected chi connectivity index (χ0v) is 16.9. The van der Waals surface area contributed by atoms with Crippen molar-refractivity contribution in [3.8, 4) is 11.1 Å². The number of pyridine rings is 1. The maximum absolute atomic E-state index is 13.8. The highest BCUT2D eigenvalue weighted by Crippen LogP contribution is 2.36. The monoisotopic (exact) mass is 458 g/mol. The number of aldehydes is 1. The Labute approximate surface area is 182 Å². The molecule has 0 atom stereocenters. The number of hydrogen-bond acceptors (Lipinski definition) is 6.